The second-order valence-electron chi connectivity index (χ2n) is 3.11. The van der Waals surface area contributed by atoms with Crippen LogP contribution >= 0.6 is 58.0 Å². The van der Waals surface area contributed by atoms with Crippen molar-refractivity contribution in [2.24, 2.45) is 0 Å². The fourth-order valence-corrected chi connectivity index (χ4v) is 2.14. The summed E-state index contributed by atoms with van der Waals surface area (Å²) < 4.78 is 5.41. The van der Waals surface area contributed by atoms with E-state index in [0.29, 0.717) is 15.8 Å². The average molecular weight is 344 g/mol. The van der Waals surface area contributed by atoms with Gasteiger partial charge in [-0.25, -0.2) is 4.98 Å². The molecule has 0 fully saturated rings. The molecule has 0 N–H and O–H groups in total. The predicted octanol–water partition coefficient (Wildman–Crippen LogP) is 5.54. The molecule has 0 saturated heterocycles. The molecular weight excluding hydrogens is 341 g/mol. The highest BCUT2D eigenvalue weighted by Gasteiger charge is 2.13. The molecule has 1 aromatic carbocycles. The molecule has 1 aromatic heterocycles. The van der Waals surface area contributed by atoms with Crippen molar-refractivity contribution in [3.63, 3.8) is 0 Å². The minimum Gasteiger partial charge on any atom is -0.437 e. The molecule has 18 heavy (non-hydrogen) atoms. The first-order valence-corrected chi connectivity index (χ1v) is 6.37. The number of hydrogen-bond donors (Lipinski definition) is 0. The van der Waals surface area contributed by atoms with Crippen molar-refractivity contribution in [1.82, 2.24) is 9.97 Å². The monoisotopic (exact) mass is 342 g/mol. The molecule has 94 valence electrons. The molecule has 0 atom stereocenters. The summed E-state index contributed by atoms with van der Waals surface area (Å²) in [5.41, 5.74) is 0. The number of benzene rings is 1. The molecular formula is C10H3Cl5N2O. The number of halogens is 5. The van der Waals surface area contributed by atoms with Crippen LogP contribution in [0.5, 0.6) is 11.6 Å². The smallest absolute Gasteiger partial charge is 0.244 e. The van der Waals surface area contributed by atoms with Gasteiger partial charge in [-0.1, -0.05) is 46.4 Å². The molecule has 2 rings (SSSR count). The molecule has 0 amide bonds. The van der Waals surface area contributed by atoms with E-state index in [1.807, 2.05) is 0 Å². The maximum absolute atomic E-state index is 5.89. The first-order chi connectivity index (χ1) is 8.45. The summed E-state index contributed by atoms with van der Waals surface area (Å²) in [7, 11) is 0. The Hall–Kier alpha value is -0.450. The van der Waals surface area contributed by atoms with Gasteiger partial charge in [0, 0.05) is 10.0 Å². The van der Waals surface area contributed by atoms with Gasteiger partial charge < -0.3 is 4.74 Å². The lowest BCUT2D eigenvalue weighted by molar-refractivity contribution is 0.462. The largest absolute Gasteiger partial charge is 0.437 e. The summed E-state index contributed by atoms with van der Waals surface area (Å²) in [6.07, 6.45) is 0. The molecule has 0 saturated carbocycles. The van der Waals surface area contributed by atoms with E-state index in [0.717, 1.165) is 0 Å². The van der Waals surface area contributed by atoms with Crippen molar-refractivity contribution >= 4 is 58.0 Å². The summed E-state index contributed by atoms with van der Waals surface area (Å²) in [6.45, 7) is 0. The lowest BCUT2D eigenvalue weighted by Gasteiger charge is -2.08. The Labute approximate surface area is 128 Å². The molecule has 8 heteroatoms. The van der Waals surface area contributed by atoms with Crippen LogP contribution in [0.2, 0.25) is 25.5 Å². The maximum Gasteiger partial charge on any atom is 0.244 e. The van der Waals surface area contributed by atoms with Crippen LogP contribution in [0.4, 0.5) is 0 Å². The number of ether oxygens (including phenoxy) is 1. The van der Waals surface area contributed by atoms with Gasteiger partial charge in [0.25, 0.3) is 0 Å². The minimum atomic E-state index is -0.0764. The Kier molecular flexibility index (Phi) is 4.41. The van der Waals surface area contributed by atoms with E-state index < -0.39 is 0 Å². The van der Waals surface area contributed by atoms with Crippen molar-refractivity contribution in [3.05, 3.63) is 43.7 Å². The molecule has 0 unspecified atom stereocenters. The average Bonchev–Trinajstić information content (AvgIpc) is 2.23. The Morgan fingerprint density at radius 1 is 0.833 bits per heavy atom. The van der Waals surface area contributed by atoms with Crippen LogP contribution in [0.3, 0.4) is 0 Å². The van der Waals surface area contributed by atoms with E-state index in [4.69, 9.17) is 62.7 Å². The van der Waals surface area contributed by atoms with Crippen molar-refractivity contribution in [3.8, 4) is 11.6 Å². The third-order valence-corrected chi connectivity index (χ3v) is 3.12. The number of rotatable bonds is 2. The normalized spacial score (nSPS) is 10.5. The Morgan fingerprint density at radius 2 is 1.44 bits per heavy atom. The van der Waals surface area contributed by atoms with E-state index in [-0.39, 0.29) is 21.3 Å². The van der Waals surface area contributed by atoms with E-state index in [1.165, 1.54) is 0 Å². The first kappa shape index (κ1) is 14.0. The molecule has 0 bridgehead atoms. The highest BCUT2D eigenvalue weighted by molar-refractivity contribution is 6.42. The predicted molar refractivity (Wildman–Crippen MR) is 73.6 cm³/mol. The van der Waals surface area contributed by atoms with Gasteiger partial charge in [-0.05, 0) is 29.8 Å². The van der Waals surface area contributed by atoms with Crippen LogP contribution in [0.15, 0.2) is 18.2 Å². The van der Waals surface area contributed by atoms with Gasteiger partial charge in [0.05, 0.1) is 0 Å². The van der Waals surface area contributed by atoms with Crippen LogP contribution in [-0.4, -0.2) is 9.97 Å². The Bertz CT molecular complexity index is 585. The van der Waals surface area contributed by atoms with E-state index in [1.54, 1.807) is 18.2 Å². The van der Waals surface area contributed by atoms with E-state index >= 15 is 0 Å². The van der Waals surface area contributed by atoms with Gasteiger partial charge in [0.2, 0.25) is 11.2 Å². The molecule has 0 radical (unpaired) electrons. The lowest BCUT2D eigenvalue weighted by Crippen LogP contribution is -1.93. The van der Waals surface area contributed by atoms with Crippen molar-refractivity contribution in [2.75, 3.05) is 0 Å². The Balaban J connectivity index is 2.39. The van der Waals surface area contributed by atoms with Crippen LogP contribution < -0.4 is 4.74 Å². The third-order valence-electron chi connectivity index (χ3n) is 1.80. The summed E-state index contributed by atoms with van der Waals surface area (Å²) in [4.78, 5) is 7.48. The van der Waals surface area contributed by atoms with Crippen molar-refractivity contribution in [2.45, 2.75) is 0 Å². The van der Waals surface area contributed by atoms with Gasteiger partial charge in [0.15, 0.2) is 5.15 Å². The van der Waals surface area contributed by atoms with Gasteiger partial charge >= 0.3 is 0 Å². The summed E-state index contributed by atoms with van der Waals surface area (Å²) in [5, 5.41) is 0.809. The van der Waals surface area contributed by atoms with Crippen molar-refractivity contribution < 1.29 is 4.74 Å². The maximum atomic E-state index is 5.89. The number of hydrogen-bond acceptors (Lipinski definition) is 3. The summed E-state index contributed by atoms with van der Waals surface area (Å²) in [6, 6.07) is 4.67. The first-order valence-electron chi connectivity index (χ1n) is 4.48. The fraction of sp³-hybridized carbons (Fsp3) is 0. The molecule has 1 heterocycles. The number of nitrogens with zero attached hydrogens (tertiary/aromatic N) is 2. The zero-order chi connectivity index (χ0) is 13.3. The zero-order valence-corrected chi connectivity index (χ0v) is 12.2. The van der Waals surface area contributed by atoms with Crippen LogP contribution in [0.25, 0.3) is 0 Å². The van der Waals surface area contributed by atoms with Gasteiger partial charge in [0.1, 0.15) is 10.8 Å². The summed E-state index contributed by atoms with van der Waals surface area (Å²) in [5.74, 6) is 0.389. The third kappa shape index (κ3) is 3.31. The second-order valence-corrected chi connectivity index (χ2v) is 5.06. The molecule has 0 aliphatic rings. The van der Waals surface area contributed by atoms with Crippen molar-refractivity contribution in [1.29, 1.82) is 0 Å². The molecule has 0 aliphatic carbocycles. The lowest BCUT2D eigenvalue weighted by atomic mass is 10.3. The fourth-order valence-electron chi connectivity index (χ4n) is 1.14. The number of aromatic nitrogens is 2. The van der Waals surface area contributed by atoms with E-state index in [2.05, 4.69) is 9.97 Å². The van der Waals surface area contributed by atoms with E-state index in [9.17, 15) is 0 Å². The standard InChI is InChI=1S/C10H3Cl5N2O/c11-4-1-5(12)3-6(2-4)18-9-7(13)8(14)16-10(15)17-9/h1-3H. The molecule has 3 nitrogen and oxygen atoms in total. The topological polar surface area (TPSA) is 35.0 Å². The SMILES string of the molecule is Clc1cc(Cl)cc(Oc2nc(Cl)nc(Cl)c2Cl)c1. The highest BCUT2D eigenvalue weighted by atomic mass is 35.5. The van der Waals surface area contributed by atoms with Gasteiger partial charge in [-0.15, -0.1) is 0 Å². The molecule has 0 spiro atoms. The van der Waals surface area contributed by atoms with Gasteiger partial charge in [-0.3, -0.25) is 0 Å². The van der Waals surface area contributed by atoms with Gasteiger partial charge in [-0.2, -0.15) is 4.98 Å². The molecule has 2 aromatic rings. The zero-order valence-electron chi connectivity index (χ0n) is 8.42. The summed E-state index contributed by atoms with van der Waals surface area (Å²) >= 11 is 29.0. The quantitative estimate of drug-likeness (QED) is 0.530. The van der Waals surface area contributed by atoms with Crippen LogP contribution in [0.1, 0.15) is 0 Å². The van der Waals surface area contributed by atoms with Crippen LogP contribution in [0, 0.1) is 0 Å². The minimum absolute atomic E-state index is 0.000193. The Morgan fingerprint density at radius 3 is 2.06 bits per heavy atom. The second kappa shape index (κ2) is 5.68. The van der Waals surface area contributed by atoms with Crippen LogP contribution in [-0.2, 0) is 0 Å². The highest BCUT2D eigenvalue weighted by Crippen LogP contribution is 2.34. The molecule has 0 aliphatic heterocycles.